The largest absolute Gasteiger partial charge is 0.481 e. The Hall–Kier alpha value is -0.620. The zero-order valence-electron chi connectivity index (χ0n) is 11.2. The normalized spacial score (nSPS) is 13.7. The van der Waals surface area contributed by atoms with E-state index in [2.05, 4.69) is 4.72 Å². The molecule has 0 saturated carbocycles. The maximum absolute atomic E-state index is 11.8. The molecular formula is C11H23NO4S. The second-order valence-corrected chi connectivity index (χ2v) is 7.17. The highest BCUT2D eigenvalue weighted by Gasteiger charge is 2.45. The van der Waals surface area contributed by atoms with E-state index in [0.717, 1.165) is 6.42 Å². The number of aliphatic carboxylic acids is 1. The summed E-state index contributed by atoms with van der Waals surface area (Å²) in [5.41, 5.74) is -2.21. The molecule has 5 nitrogen and oxygen atoms in total. The van der Waals surface area contributed by atoms with Crippen LogP contribution >= 0.6 is 0 Å². The summed E-state index contributed by atoms with van der Waals surface area (Å²) in [4.78, 5) is 11.1. The Kier molecular flexibility index (Phi) is 5.16. The van der Waals surface area contributed by atoms with E-state index in [0.29, 0.717) is 6.42 Å². The molecule has 0 spiro atoms. The number of sulfonamides is 1. The fraction of sp³-hybridized carbons (Fsp3) is 0.909. The molecule has 0 radical (unpaired) electrons. The minimum Gasteiger partial charge on any atom is -0.481 e. The fourth-order valence-electron chi connectivity index (χ4n) is 1.17. The first-order valence-corrected chi connectivity index (χ1v) is 7.36. The van der Waals surface area contributed by atoms with Gasteiger partial charge in [0.2, 0.25) is 10.0 Å². The molecule has 0 heterocycles. The zero-order valence-corrected chi connectivity index (χ0v) is 12.0. The van der Waals surface area contributed by atoms with E-state index in [4.69, 9.17) is 5.11 Å². The summed E-state index contributed by atoms with van der Waals surface area (Å²) in [6, 6.07) is 0. The van der Waals surface area contributed by atoms with Crippen molar-refractivity contribution in [3.8, 4) is 0 Å². The van der Waals surface area contributed by atoms with E-state index in [1.54, 1.807) is 13.8 Å². The summed E-state index contributed by atoms with van der Waals surface area (Å²) >= 11 is 0. The summed E-state index contributed by atoms with van der Waals surface area (Å²) in [7, 11) is -3.43. The lowest BCUT2D eigenvalue weighted by atomic mass is 9.75. The van der Waals surface area contributed by atoms with Crippen molar-refractivity contribution in [2.24, 2.45) is 5.41 Å². The standard InChI is InChI=1S/C11H23NO4S/c1-6-7-8-17(15,16)12-11(4,5)10(2,3)9(13)14/h12H,6-8H2,1-5H3,(H,13,14). The van der Waals surface area contributed by atoms with E-state index in [1.165, 1.54) is 13.8 Å². The molecule has 0 aliphatic rings. The van der Waals surface area contributed by atoms with E-state index in [9.17, 15) is 13.2 Å². The smallest absolute Gasteiger partial charge is 0.310 e. The van der Waals surface area contributed by atoms with E-state index >= 15 is 0 Å². The molecule has 0 aliphatic heterocycles. The predicted octanol–water partition coefficient (Wildman–Crippen LogP) is 1.60. The molecular weight excluding hydrogens is 242 g/mol. The minimum atomic E-state index is -3.43. The summed E-state index contributed by atoms with van der Waals surface area (Å²) in [6.45, 7) is 8.10. The number of hydrogen-bond acceptors (Lipinski definition) is 3. The van der Waals surface area contributed by atoms with Crippen molar-refractivity contribution >= 4 is 16.0 Å². The first-order valence-electron chi connectivity index (χ1n) is 5.71. The number of carboxylic acid groups (broad SMARTS) is 1. The number of unbranched alkanes of at least 4 members (excludes halogenated alkanes) is 1. The van der Waals surface area contributed by atoms with Crippen LogP contribution in [0.15, 0.2) is 0 Å². The van der Waals surface area contributed by atoms with Crippen LogP contribution in [0.4, 0.5) is 0 Å². The highest BCUT2D eigenvalue weighted by Crippen LogP contribution is 2.31. The summed E-state index contributed by atoms with van der Waals surface area (Å²) in [5.74, 6) is -0.997. The lowest BCUT2D eigenvalue weighted by Crippen LogP contribution is -2.57. The first-order chi connectivity index (χ1) is 7.46. The Morgan fingerprint density at radius 2 is 1.71 bits per heavy atom. The van der Waals surface area contributed by atoms with Crippen LogP contribution in [-0.2, 0) is 14.8 Å². The zero-order chi connectivity index (χ0) is 13.9. The molecule has 0 aromatic heterocycles. The number of hydrogen-bond donors (Lipinski definition) is 2. The first kappa shape index (κ1) is 16.4. The molecule has 2 N–H and O–H groups in total. The predicted molar refractivity (Wildman–Crippen MR) is 67.3 cm³/mol. The molecule has 0 atom stereocenters. The number of carboxylic acids is 1. The van der Waals surface area contributed by atoms with E-state index in [-0.39, 0.29) is 5.75 Å². The van der Waals surface area contributed by atoms with Gasteiger partial charge in [-0.05, 0) is 34.1 Å². The molecule has 0 rings (SSSR count). The van der Waals surface area contributed by atoms with Crippen LogP contribution in [0.3, 0.4) is 0 Å². The van der Waals surface area contributed by atoms with E-state index < -0.39 is 26.9 Å². The molecule has 102 valence electrons. The van der Waals surface area contributed by atoms with Crippen molar-refractivity contribution < 1.29 is 18.3 Å². The fourth-order valence-corrected chi connectivity index (χ4v) is 2.97. The van der Waals surface area contributed by atoms with Crippen molar-refractivity contribution in [1.29, 1.82) is 0 Å². The topological polar surface area (TPSA) is 83.5 Å². The third kappa shape index (κ3) is 4.27. The van der Waals surface area contributed by atoms with Crippen LogP contribution < -0.4 is 4.72 Å². The Morgan fingerprint density at radius 3 is 2.06 bits per heavy atom. The van der Waals surface area contributed by atoms with Crippen LogP contribution in [0, 0.1) is 5.41 Å². The van der Waals surface area contributed by atoms with Gasteiger partial charge >= 0.3 is 5.97 Å². The SMILES string of the molecule is CCCCS(=O)(=O)NC(C)(C)C(C)(C)C(=O)O. The lowest BCUT2D eigenvalue weighted by molar-refractivity contribution is -0.150. The molecule has 0 amide bonds. The number of carbonyl (C=O) groups is 1. The van der Waals surface area contributed by atoms with Gasteiger partial charge in [0.15, 0.2) is 0 Å². The number of nitrogens with one attached hydrogen (secondary N) is 1. The van der Waals surface area contributed by atoms with Crippen LogP contribution in [0.25, 0.3) is 0 Å². The van der Waals surface area contributed by atoms with Crippen molar-refractivity contribution in [2.75, 3.05) is 5.75 Å². The van der Waals surface area contributed by atoms with Gasteiger partial charge in [-0.25, -0.2) is 13.1 Å². The maximum atomic E-state index is 11.8. The van der Waals surface area contributed by atoms with Gasteiger partial charge in [0.25, 0.3) is 0 Å². The quantitative estimate of drug-likeness (QED) is 0.732. The molecule has 0 aliphatic carbocycles. The van der Waals surface area contributed by atoms with Crippen molar-refractivity contribution in [3.63, 3.8) is 0 Å². The lowest BCUT2D eigenvalue weighted by Gasteiger charge is -2.38. The van der Waals surface area contributed by atoms with Crippen molar-refractivity contribution in [1.82, 2.24) is 4.72 Å². The Labute approximate surface area is 104 Å². The van der Waals surface area contributed by atoms with Crippen LogP contribution in [0.2, 0.25) is 0 Å². The molecule has 0 fully saturated rings. The molecule has 0 saturated heterocycles. The molecule has 0 aromatic rings. The molecule has 0 unspecified atom stereocenters. The van der Waals surface area contributed by atoms with Gasteiger partial charge in [-0.3, -0.25) is 4.79 Å². The average molecular weight is 265 g/mol. The van der Waals surface area contributed by atoms with Gasteiger partial charge in [0.05, 0.1) is 11.2 Å². The van der Waals surface area contributed by atoms with Crippen LogP contribution in [0.1, 0.15) is 47.5 Å². The highest BCUT2D eigenvalue weighted by atomic mass is 32.2. The minimum absolute atomic E-state index is 0.0304. The Morgan fingerprint density at radius 1 is 1.24 bits per heavy atom. The van der Waals surface area contributed by atoms with Gasteiger partial charge < -0.3 is 5.11 Å². The highest BCUT2D eigenvalue weighted by molar-refractivity contribution is 7.89. The van der Waals surface area contributed by atoms with Gasteiger partial charge in [-0.2, -0.15) is 0 Å². The van der Waals surface area contributed by atoms with Crippen molar-refractivity contribution in [2.45, 2.75) is 53.0 Å². The van der Waals surface area contributed by atoms with Crippen LogP contribution in [-0.4, -0.2) is 30.8 Å². The molecule has 6 heteroatoms. The Balaban J connectivity index is 4.93. The second kappa shape index (κ2) is 5.35. The summed E-state index contributed by atoms with van der Waals surface area (Å²) < 4.78 is 26.0. The average Bonchev–Trinajstić information content (AvgIpc) is 2.12. The molecule has 17 heavy (non-hydrogen) atoms. The summed E-state index contributed by atoms with van der Waals surface area (Å²) in [5, 5.41) is 9.11. The van der Waals surface area contributed by atoms with E-state index in [1.807, 2.05) is 6.92 Å². The summed E-state index contributed by atoms with van der Waals surface area (Å²) in [6.07, 6.45) is 1.35. The molecule has 0 bridgehead atoms. The monoisotopic (exact) mass is 265 g/mol. The van der Waals surface area contributed by atoms with Crippen molar-refractivity contribution in [3.05, 3.63) is 0 Å². The van der Waals surface area contributed by atoms with Gasteiger partial charge in [0, 0.05) is 5.54 Å². The van der Waals surface area contributed by atoms with Crippen LogP contribution in [0.5, 0.6) is 0 Å². The maximum Gasteiger partial charge on any atom is 0.310 e. The second-order valence-electron chi connectivity index (χ2n) is 5.33. The Bertz CT molecular complexity index is 371. The van der Waals surface area contributed by atoms with Gasteiger partial charge in [-0.1, -0.05) is 13.3 Å². The third-order valence-corrected chi connectivity index (χ3v) is 4.92. The number of rotatable bonds is 7. The molecule has 0 aromatic carbocycles. The van der Waals surface area contributed by atoms with Gasteiger partial charge in [-0.15, -0.1) is 0 Å². The third-order valence-electron chi connectivity index (χ3n) is 3.27. The van der Waals surface area contributed by atoms with Gasteiger partial charge in [0.1, 0.15) is 0 Å².